The SMILES string of the molecule is NNC(=O)C(=O)NC1CC1. The molecule has 56 valence electrons. The van der Waals surface area contributed by atoms with E-state index in [4.69, 9.17) is 5.84 Å². The number of hydrogen-bond acceptors (Lipinski definition) is 3. The molecule has 0 aromatic rings. The molecule has 0 spiro atoms. The maximum atomic E-state index is 10.6. The molecule has 0 bridgehead atoms. The maximum Gasteiger partial charge on any atom is 0.323 e. The van der Waals surface area contributed by atoms with Crippen molar-refractivity contribution in [1.29, 1.82) is 0 Å². The van der Waals surface area contributed by atoms with Crippen molar-refractivity contribution in [2.45, 2.75) is 18.9 Å². The number of carbonyl (C=O) groups is 2. The Morgan fingerprint density at radius 2 is 1.90 bits per heavy atom. The fraction of sp³-hybridized carbons (Fsp3) is 0.600. The molecule has 1 rings (SSSR count). The van der Waals surface area contributed by atoms with E-state index in [0.29, 0.717) is 0 Å². The van der Waals surface area contributed by atoms with Gasteiger partial charge >= 0.3 is 11.8 Å². The molecule has 0 aromatic carbocycles. The van der Waals surface area contributed by atoms with Gasteiger partial charge in [-0.2, -0.15) is 0 Å². The molecule has 0 radical (unpaired) electrons. The third kappa shape index (κ3) is 1.70. The highest BCUT2D eigenvalue weighted by atomic mass is 16.2. The van der Waals surface area contributed by atoms with Crippen LogP contribution in [0.4, 0.5) is 0 Å². The monoisotopic (exact) mass is 143 g/mol. The van der Waals surface area contributed by atoms with Gasteiger partial charge in [0.15, 0.2) is 0 Å². The zero-order valence-electron chi connectivity index (χ0n) is 5.39. The average molecular weight is 143 g/mol. The number of carbonyl (C=O) groups excluding carboxylic acids is 2. The minimum atomic E-state index is -0.785. The second-order valence-electron chi connectivity index (χ2n) is 2.22. The second-order valence-corrected chi connectivity index (χ2v) is 2.22. The third-order valence-corrected chi connectivity index (χ3v) is 1.25. The van der Waals surface area contributed by atoms with Crippen LogP contribution in [0.1, 0.15) is 12.8 Å². The number of hydrazine groups is 1. The lowest BCUT2D eigenvalue weighted by Gasteiger charge is -1.98. The Morgan fingerprint density at radius 3 is 2.30 bits per heavy atom. The first-order chi connectivity index (χ1) is 4.74. The van der Waals surface area contributed by atoms with E-state index in [2.05, 4.69) is 5.32 Å². The summed E-state index contributed by atoms with van der Waals surface area (Å²) in [4.78, 5) is 21.0. The first-order valence-corrected chi connectivity index (χ1v) is 3.05. The molecule has 4 N–H and O–H groups in total. The lowest BCUT2D eigenvalue weighted by atomic mass is 10.5. The first kappa shape index (κ1) is 7.01. The molecule has 1 saturated carbocycles. The molecule has 2 amide bonds. The van der Waals surface area contributed by atoms with Crippen molar-refractivity contribution in [2.75, 3.05) is 0 Å². The molecular formula is C5H9N3O2. The van der Waals surface area contributed by atoms with Gasteiger partial charge < -0.3 is 5.32 Å². The Kier molecular flexibility index (Phi) is 1.86. The fourth-order valence-electron chi connectivity index (χ4n) is 0.544. The summed E-state index contributed by atoms with van der Waals surface area (Å²) >= 11 is 0. The van der Waals surface area contributed by atoms with E-state index in [9.17, 15) is 9.59 Å². The average Bonchev–Trinajstić information content (AvgIpc) is 2.70. The highest BCUT2D eigenvalue weighted by Gasteiger charge is 2.25. The molecule has 5 heteroatoms. The quantitative estimate of drug-likeness (QED) is 0.176. The van der Waals surface area contributed by atoms with Gasteiger partial charge in [-0.05, 0) is 12.8 Å². The molecule has 1 aliphatic rings. The summed E-state index contributed by atoms with van der Waals surface area (Å²) in [6, 6.07) is 0.199. The van der Waals surface area contributed by atoms with Crippen molar-refractivity contribution < 1.29 is 9.59 Å². The predicted molar refractivity (Wildman–Crippen MR) is 33.5 cm³/mol. The number of nitrogens with two attached hydrogens (primary N) is 1. The molecule has 0 saturated heterocycles. The molecule has 10 heavy (non-hydrogen) atoms. The van der Waals surface area contributed by atoms with Gasteiger partial charge in [0, 0.05) is 6.04 Å². The summed E-state index contributed by atoms with van der Waals surface area (Å²) in [5.74, 6) is 3.28. The molecule has 5 nitrogen and oxygen atoms in total. The smallest absolute Gasteiger partial charge is 0.323 e. The van der Waals surface area contributed by atoms with E-state index in [-0.39, 0.29) is 6.04 Å². The minimum Gasteiger partial charge on any atom is -0.345 e. The Bertz CT molecular complexity index is 164. The van der Waals surface area contributed by atoms with E-state index in [0.717, 1.165) is 12.8 Å². The summed E-state index contributed by atoms with van der Waals surface area (Å²) in [5.41, 5.74) is 1.75. The Hall–Kier alpha value is -1.10. The first-order valence-electron chi connectivity index (χ1n) is 3.05. The van der Waals surface area contributed by atoms with Gasteiger partial charge in [-0.15, -0.1) is 0 Å². The molecule has 1 fully saturated rings. The Labute approximate surface area is 57.9 Å². The molecular weight excluding hydrogens is 134 g/mol. The van der Waals surface area contributed by atoms with Gasteiger partial charge in [-0.3, -0.25) is 15.0 Å². The standard InChI is InChI=1S/C5H9N3O2/c6-8-5(10)4(9)7-3-1-2-3/h3H,1-2,6H2,(H,7,9)(H,8,10). The third-order valence-electron chi connectivity index (χ3n) is 1.25. The van der Waals surface area contributed by atoms with Crippen LogP contribution >= 0.6 is 0 Å². The summed E-state index contributed by atoms with van der Waals surface area (Å²) < 4.78 is 0. The predicted octanol–water partition coefficient (Wildman–Crippen LogP) is -1.75. The lowest BCUT2D eigenvalue weighted by Crippen LogP contribution is -2.43. The van der Waals surface area contributed by atoms with E-state index in [1.165, 1.54) is 0 Å². The highest BCUT2D eigenvalue weighted by Crippen LogP contribution is 2.18. The number of rotatable bonds is 1. The van der Waals surface area contributed by atoms with Crippen LogP contribution in [0.5, 0.6) is 0 Å². The number of amides is 2. The van der Waals surface area contributed by atoms with Gasteiger partial charge in [0.1, 0.15) is 0 Å². The number of hydrogen-bond donors (Lipinski definition) is 3. The second kappa shape index (κ2) is 2.66. The van der Waals surface area contributed by atoms with Crippen molar-refractivity contribution in [2.24, 2.45) is 5.84 Å². The van der Waals surface area contributed by atoms with Crippen molar-refractivity contribution in [3.05, 3.63) is 0 Å². The molecule has 0 unspecified atom stereocenters. The minimum absolute atomic E-state index is 0.199. The van der Waals surface area contributed by atoms with Crippen molar-refractivity contribution >= 4 is 11.8 Å². The Balaban J connectivity index is 2.25. The molecule has 0 atom stereocenters. The topological polar surface area (TPSA) is 84.2 Å². The van der Waals surface area contributed by atoms with Crippen molar-refractivity contribution in [3.8, 4) is 0 Å². The summed E-state index contributed by atoms with van der Waals surface area (Å²) in [6.07, 6.45) is 1.92. The highest BCUT2D eigenvalue weighted by molar-refractivity contribution is 6.35. The van der Waals surface area contributed by atoms with Gasteiger partial charge in [0.05, 0.1) is 0 Å². The van der Waals surface area contributed by atoms with Gasteiger partial charge in [0.2, 0.25) is 0 Å². The molecule has 0 aromatic heterocycles. The van der Waals surface area contributed by atoms with Crippen LogP contribution in [0.2, 0.25) is 0 Å². The largest absolute Gasteiger partial charge is 0.345 e. The van der Waals surface area contributed by atoms with Crippen LogP contribution in [0.15, 0.2) is 0 Å². The van der Waals surface area contributed by atoms with E-state index in [1.54, 1.807) is 5.43 Å². The lowest BCUT2D eigenvalue weighted by molar-refractivity contribution is -0.139. The van der Waals surface area contributed by atoms with Crippen LogP contribution in [0.25, 0.3) is 0 Å². The fourth-order valence-corrected chi connectivity index (χ4v) is 0.544. The van der Waals surface area contributed by atoms with Crippen molar-refractivity contribution in [1.82, 2.24) is 10.7 Å². The van der Waals surface area contributed by atoms with Gasteiger partial charge in [-0.25, -0.2) is 5.84 Å². The summed E-state index contributed by atoms with van der Waals surface area (Å²) in [7, 11) is 0. The molecule has 1 aliphatic carbocycles. The summed E-state index contributed by atoms with van der Waals surface area (Å²) in [6.45, 7) is 0. The van der Waals surface area contributed by atoms with Crippen molar-refractivity contribution in [3.63, 3.8) is 0 Å². The zero-order valence-corrected chi connectivity index (χ0v) is 5.39. The van der Waals surface area contributed by atoms with E-state index < -0.39 is 11.8 Å². The van der Waals surface area contributed by atoms with Crippen LogP contribution in [0.3, 0.4) is 0 Å². The van der Waals surface area contributed by atoms with Gasteiger partial charge in [-0.1, -0.05) is 0 Å². The van der Waals surface area contributed by atoms with Gasteiger partial charge in [0.25, 0.3) is 0 Å². The van der Waals surface area contributed by atoms with Crippen LogP contribution < -0.4 is 16.6 Å². The number of nitrogens with one attached hydrogen (secondary N) is 2. The maximum absolute atomic E-state index is 10.6. The molecule has 0 aliphatic heterocycles. The Morgan fingerprint density at radius 1 is 1.30 bits per heavy atom. The van der Waals surface area contributed by atoms with E-state index in [1.807, 2.05) is 0 Å². The van der Waals surface area contributed by atoms with E-state index >= 15 is 0 Å². The summed E-state index contributed by atoms with van der Waals surface area (Å²) in [5, 5.41) is 2.47. The van der Waals surface area contributed by atoms with Crippen LogP contribution in [0, 0.1) is 0 Å². The molecule has 0 heterocycles. The van der Waals surface area contributed by atoms with Crippen LogP contribution in [-0.2, 0) is 9.59 Å². The normalized spacial score (nSPS) is 16.1. The zero-order chi connectivity index (χ0) is 7.56. The van der Waals surface area contributed by atoms with Crippen LogP contribution in [-0.4, -0.2) is 17.9 Å².